The normalized spacial score (nSPS) is 11.8. The maximum absolute atomic E-state index is 3.68. The van der Waals surface area contributed by atoms with E-state index in [0.717, 1.165) is 12.8 Å². The maximum atomic E-state index is 3.68. The van der Waals surface area contributed by atoms with Gasteiger partial charge in [-0.3, -0.25) is 0 Å². The molecule has 0 N–H and O–H groups in total. The van der Waals surface area contributed by atoms with E-state index < -0.39 is 0 Å². The summed E-state index contributed by atoms with van der Waals surface area (Å²) in [4.78, 5) is 0. The molecule has 1 aromatic carbocycles. The first-order valence-electron chi connectivity index (χ1n) is 6.26. The molecule has 0 fully saturated rings. The molecule has 1 rings (SSSR count). The molecule has 0 aliphatic rings. The van der Waals surface area contributed by atoms with Crippen molar-refractivity contribution < 1.29 is 0 Å². The van der Waals surface area contributed by atoms with Crippen LogP contribution in [0.5, 0.6) is 0 Å². The Hall–Kier alpha value is -0.820. The summed E-state index contributed by atoms with van der Waals surface area (Å²) in [5.41, 5.74) is 5.48. The highest BCUT2D eigenvalue weighted by atomic mass is 79.9. The standard InChI is InChI=1S/C16H21Br/c1-5-8-10-15-12(4)14(7-3)13(9-6-2)11-16(15)17/h6,8-11H,5,7H2,1-4H3/b9-6-,10-8-. The van der Waals surface area contributed by atoms with Gasteiger partial charge in [-0.1, -0.05) is 54.1 Å². The molecule has 0 heterocycles. The van der Waals surface area contributed by atoms with Crippen molar-refractivity contribution in [3.8, 4) is 0 Å². The Morgan fingerprint density at radius 3 is 2.47 bits per heavy atom. The van der Waals surface area contributed by atoms with Gasteiger partial charge in [0, 0.05) is 4.47 Å². The summed E-state index contributed by atoms with van der Waals surface area (Å²) in [6.45, 7) is 8.66. The smallest absolute Gasteiger partial charge is 0.0256 e. The second kappa shape index (κ2) is 6.80. The van der Waals surface area contributed by atoms with Gasteiger partial charge >= 0.3 is 0 Å². The van der Waals surface area contributed by atoms with E-state index in [1.807, 2.05) is 0 Å². The van der Waals surface area contributed by atoms with Crippen LogP contribution in [0.2, 0.25) is 0 Å². The van der Waals surface area contributed by atoms with Crippen LogP contribution in [-0.2, 0) is 6.42 Å². The van der Waals surface area contributed by atoms with Crippen LogP contribution >= 0.6 is 15.9 Å². The number of hydrogen-bond donors (Lipinski definition) is 0. The van der Waals surface area contributed by atoms with E-state index in [2.05, 4.69) is 74.0 Å². The van der Waals surface area contributed by atoms with Crippen LogP contribution in [0.25, 0.3) is 12.2 Å². The van der Waals surface area contributed by atoms with Gasteiger partial charge in [-0.25, -0.2) is 0 Å². The molecule has 0 aliphatic carbocycles. The van der Waals surface area contributed by atoms with Gasteiger partial charge < -0.3 is 0 Å². The van der Waals surface area contributed by atoms with Crippen molar-refractivity contribution in [1.29, 1.82) is 0 Å². The number of hydrogen-bond acceptors (Lipinski definition) is 0. The highest BCUT2D eigenvalue weighted by Crippen LogP contribution is 2.29. The van der Waals surface area contributed by atoms with Gasteiger partial charge in [0.1, 0.15) is 0 Å². The first kappa shape index (κ1) is 14.2. The predicted molar refractivity (Wildman–Crippen MR) is 82.3 cm³/mol. The van der Waals surface area contributed by atoms with E-state index in [9.17, 15) is 0 Å². The highest BCUT2D eigenvalue weighted by molar-refractivity contribution is 9.10. The summed E-state index contributed by atoms with van der Waals surface area (Å²) in [6.07, 6.45) is 10.9. The van der Waals surface area contributed by atoms with E-state index in [4.69, 9.17) is 0 Å². The molecule has 1 aromatic rings. The minimum absolute atomic E-state index is 1.07. The van der Waals surface area contributed by atoms with Gasteiger partial charge in [-0.2, -0.15) is 0 Å². The van der Waals surface area contributed by atoms with Gasteiger partial charge in [0.15, 0.2) is 0 Å². The molecule has 0 saturated heterocycles. The molecule has 0 nitrogen and oxygen atoms in total. The summed E-state index contributed by atoms with van der Waals surface area (Å²) in [6, 6.07) is 2.22. The van der Waals surface area contributed by atoms with Gasteiger partial charge in [-0.05, 0) is 55.0 Å². The van der Waals surface area contributed by atoms with Crippen molar-refractivity contribution in [2.24, 2.45) is 0 Å². The first-order valence-corrected chi connectivity index (χ1v) is 7.06. The molecule has 0 bridgehead atoms. The van der Waals surface area contributed by atoms with Crippen molar-refractivity contribution in [2.45, 2.75) is 40.5 Å². The Bertz CT molecular complexity index is 439. The van der Waals surface area contributed by atoms with Crippen LogP contribution in [0.3, 0.4) is 0 Å². The second-order valence-corrected chi connectivity index (χ2v) is 4.98. The fourth-order valence-corrected chi connectivity index (χ4v) is 2.77. The Morgan fingerprint density at radius 1 is 1.24 bits per heavy atom. The van der Waals surface area contributed by atoms with Gasteiger partial charge in [0.2, 0.25) is 0 Å². The van der Waals surface area contributed by atoms with E-state index in [0.29, 0.717) is 0 Å². The van der Waals surface area contributed by atoms with Crippen molar-refractivity contribution in [1.82, 2.24) is 0 Å². The van der Waals surface area contributed by atoms with Crippen LogP contribution in [-0.4, -0.2) is 0 Å². The monoisotopic (exact) mass is 292 g/mol. The third kappa shape index (κ3) is 3.32. The Kier molecular flexibility index (Phi) is 5.70. The maximum Gasteiger partial charge on any atom is 0.0256 e. The van der Waals surface area contributed by atoms with Crippen LogP contribution in [0.1, 0.15) is 49.4 Å². The molecule has 0 atom stereocenters. The summed E-state index contributed by atoms with van der Waals surface area (Å²) < 4.78 is 1.19. The highest BCUT2D eigenvalue weighted by Gasteiger charge is 2.09. The van der Waals surface area contributed by atoms with Crippen LogP contribution in [0.15, 0.2) is 22.7 Å². The lowest BCUT2D eigenvalue weighted by atomic mass is 9.94. The van der Waals surface area contributed by atoms with Gasteiger partial charge in [-0.15, -0.1) is 0 Å². The molecular weight excluding hydrogens is 272 g/mol. The molecule has 0 spiro atoms. The summed E-state index contributed by atoms with van der Waals surface area (Å²) in [5.74, 6) is 0. The number of benzene rings is 1. The Morgan fingerprint density at radius 2 is 1.94 bits per heavy atom. The largest absolute Gasteiger partial charge is 0.0871 e. The minimum atomic E-state index is 1.07. The topological polar surface area (TPSA) is 0 Å². The summed E-state index contributed by atoms with van der Waals surface area (Å²) >= 11 is 3.68. The molecule has 17 heavy (non-hydrogen) atoms. The fraction of sp³-hybridized carbons (Fsp3) is 0.375. The third-order valence-electron chi connectivity index (χ3n) is 2.96. The summed E-state index contributed by atoms with van der Waals surface area (Å²) in [5, 5.41) is 0. The quantitative estimate of drug-likeness (QED) is 0.660. The molecule has 0 radical (unpaired) electrons. The van der Waals surface area contributed by atoms with Crippen LogP contribution < -0.4 is 0 Å². The average Bonchev–Trinajstić information content (AvgIpc) is 2.29. The lowest BCUT2D eigenvalue weighted by Gasteiger charge is -2.13. The summed E-state index contributed by atoms with van der Waals surface area (Å²) in [7, 11) is 0. The van der Waals surface area contributed by atoms with Crippen molar-refractivity contribution >= 4 is 28.1 Å². The van der Waals surface area contributed by atoms with Crippen LogP contribution in [0.4, 0.5) is 0 Å². The van der Waals surface area contributed by atoms with E-state index in [-0.39, 0.29) is 0 Å². The molecule has 0 aliphatic heterocycles. The predicted octanol–water partition coefficient (Wildman–Crippen LogP) is 5.78. The molecule has 1 heteroatoms. The van der Waals surface area contributed by atoms with Gasteiger partial charge in [0.05, 0.1) is 0 Å². The zero-order valence-corrected chi connectivity index (χ0v) is 12.8. The lowest BCUT2D eigenvalue weighted by Crippen LogP contribution is -1.96. The van der Waals surface area contributed by atoms with Crippen molar-refractivity contribution in [3.63, 3.8) is 0 Å². The number of allylic oxidation sites excluding steroid dienone is 2. The van der Waals surface area contributed by atoms with E-state index in [1.165, 1.54) is 26.7 Å². The molecule has 0 aromatic heterocycles. The van der Waals surface area contributed by atoms with E-state index in [1.54, 1.807) is 0 Å². The molecule has 0 amide bonds. The van der Waals surface area contributed by atoms with Crippen molar-refractivity contribution in [3.05, 3.63) is 44.9 Å². The van der Waals surface area contributed by atoms with Crippen LogP contribution in [0, 0.1) is 6.92 Å². The average molecular weight is 293 g/mol. The molecule has 0 saturated carbocycles. The van der Waals surface area contributed by atoms with E-state index >= 15 is 0 Å². The second-order valence-electron chi connectivity index (χ2n) is 4.13. The zero-order chi connectivity index (χ0) is 12.8. The molecule has 0 unspecified atom stereocenters. The molecule has 92 valence electrons. The molecular formula is C16H21Br. The first-order chi connectivity index (χ1) is 8.15. The van der Waals surface area contributed by atoms with Crippen molar-refractivity contribution in [2.75, 3.05) is 0 Å². The lowest BCUT2D eigenvalue weighted by molar-refractivity contribution is 1.09. The minimum Gasteiger partial charge on any atom is -0.0871 e. The van der Waals surface area contributed by atoms with Gasteiger partial charge in [0.25, 0.3) is 0 Å². The SMILES string of the molecule is C/C=C\c1cc(Br)c(/C=C\CC)c(C)c1CC. The third-order valence-corrected chi connectivity index (χ3v) is 3.62. The zero-order valence-electron chi connectivity index (χ0n) is 11.2. The Labute approximate surface area is 114 Å². The Balaban J connectivity index is 3.40. The number of rotatable bonds is 4. The fourth-order valence-electron chi connectivity index (χ4n) is 2.10. The number of halogens is 1.